The second-order valence-corrected chi connectivity index (χ2v) is 4.64. The Morgan fingerprint density at radius 1 is 1.10 bits per heavy atom. The summed E-state index contributed by atoms with van der Waals surface area (Å²) in [4.78, 5) is 11.1. The monoisotopic (exact) mass is 288 g/mol. The van der Waals surface area contributed by atoms with Gasteiger partial charge in [0, 0.05) is 12.5 Å². The van der Waals surface area contributed by atoms with Crippen molar-refractivity contribution in [1.29, 1.82) is 0 Å². The summed E-state index contributed by atoms with van der Waals surface area (Å²) in [6, 6.07) is 12.0. The van der Waals surface area contributed by atoms with Crippen LogP contribution in [0.5, 0.6) is 11.5 Å². The second-order valence-electron chi connectivity index (χ2n) is 4.64. The van der Waals surface area contributed by atoms with Crippen LogP contribution in [-0.4, -0.2) is 19.5 Å². The summed E-state index contributed by atoms with van der Waals surface area (Å²) >= 11 is 0. The number of carbonyl (C=O) groups is 1. The van der Waals surface area contributed by atoms with Gasteiger partial charge in [0.05, 0.1) is 19.3 Å². The van der Waals surface area contributed by atoms with Gasteiger partial charge in [0.25, 0.3) is 0 Å². The van der Waals surface area contributed by atoms with Gasteiger partial charge in [0.15, 0.2) is 5.78 Å². The molecule has 0 aliphatic rings. The summed E-state index contributed by atoms with van der Waals surface area (Å²) < 4.78 is 24.2. The molecule has 0 atom stereocenters. The average molecular weight is 288 g/mol. The second kappa shape index (κ2) is 6.88. The van der Waals surface area contributed by atoms with Gasteiger partial charge in [0.1, 0.15) is 17.3 Å². The van der Waals surface area contributed by atoms with E-state index in [4.69, 9.17) is 9.47 Å². The summed E-state index contributed by atoms with van der Waals surface area (Å²) in [5.41, 5.74) is 1.19. The fraction of sp³-hybridized carbons (Fsp3) is 0.235. The Morgan fingerprint density at radius 2 is 1.76 bits per heavy atom. The van der Waals surface area contributed by atoms with Crippen LogP contribution in [0.25, 0.3) is 0 Å². The molecule has 0 aromatic heterocycles. The van der Waals surface area contributed by atoms with E-state index >= 15 is 0 Å². The highest BCUT2D eigenvalue weighted by atomic mass is 19.1. The lowest BCUT2D eigenvalue weighted by molar-refractivity contribution is 0.101. The largest absolute Gasteiger partial charge is 0.497 e. The average Bonchev–Trinajstić information content (AvgIpc) is 2.47. The van der Waals surface area contributed by atoms with Crippen LogP contribution in [0.2, 0.25) is 0 Å². The molecule has 2 aromatic rings. The maximum Gasteiger partial charge on any atom is 0.162 e. The third kappa shape index (κ3) is 4.05. The molecular weight excluding hydrogens is 271 g/mol. The van der Waals surface area contributed by atoms with Gasteiger partial charge in [-0.15, -0.1) is 0 Å². The summed E-state index contributed by atoms with van der Waals surface area (Å²) in [5, 5.41) is 0. The van der Waals surface area contributed by atoms with Crippen LogP contribution in [0.1, 0.15) is 22.8 Å². The Hall–Kier alpha value is -2.36. The molecule has 110 valence electrons. The predicted molar refractivity (Wildman–Crippen MR) is 78.6 cm³/mol. The molecule has 0 heterocycles. The smallest absolute Gasteiger partial charge is 0.162 e. The van der Waals surface area contributed by atoms with E-state index in [1.807, 2.05) is 24.3 Å². The van der Waals surface area contributed by atoms with Crippen molar-refractivity contribution in [3.63, 3.8) is 0 Å². The van der Waals surface area contributed by atoms with E-state index in [0.717, 1.165) is 11.3 Å². The number of ether oxygens (including phenoxy) is 2. The van der Waals surface area contributed by atoms with Crippen molar-refractivity contribution in [2.75, 3.05) is 13.7 Å². The maximum absolute atomic E-state index is 13.6. The van der Waals surface area contributed by atoms with Crippen molar-refractivity contribution in [3.8, 4) is 11.5 Å². The van der Waals surface area contributed by atoms with Gasteiger partial charge in [-0.3, -0.25) is 4.79 Å². The van der Waals surface area contributed by atoms with Gasteiger partial charge >= 0.3 is 0 Å². The number of rotatable bonds is 6. The Kier molecular flexibility index (Phi) is 4.93. The number of carbonyl (C=O) groups excluding carboxylic acids is 1. The van der Waals surface area contributed by atoms with Crippen molar-refractivity contribution in [1.82, 2.24) is 0 Å². The Bertz CT molecular complexity index is 620. The van der Waals surface area contributed by atoms with E-state index in [1.54, 1.807) is 13.2 Å². The molecule has 0 amide bonds. The highest BCUT2D eigenvalue weighted by Crippen LogP contribution is 2.18. The third-order valence-corrected chi connectivity index (χ3v) is 3.14. The van der Waals surface area contributed by atoms with E-state index in [-0.39, 0.29) is 11.3 Å². The zero-order chi connectivity index (χ0) is 15.2. The first-order chi connectivity index (χ1) is 10.1. The number of halogens is 1. The minimum absolute atomic E-state index is 0.0810. The third-order valence-electron chi connectivity index (χ3n) is 3.14. The van der Waals surface area contributed by atoms with Crippen LogP contribution in [0.15, 0.2) is 42.5 Å². The maximum atomic E-state index is 13.6. The van der Waals surface area contributed by atoms with E-state index in [1.165, 1.54) is 19.1 Å². The van der Waals surface area contributed by atoms with Crippen molar-refractivity contribution in [2.24, 2.45) is 0 Å². The topological polar surface area (TPSA) is 35.5 Å². The number of hydrogen-bond acceptors (Lipinski definition) is 3. The molecule has 21 heavy (non-hydrogen) atoms. The molecule has 0 fully saturated rings. The standard InChI is InChI=1S/C17H17FO3/c1-12(19)16-8-7-15(11-17(16)18)21-10-9-13-3-5-14(20-2)6-4-13/h3-8,11H,9-10H2,1-2H3. The van der Waals surface area contributed by atoms with Crippen LogP contribution in [0.4, 0.5) is 4.39 Å². The molecule has 2 rings (SSSR count). The molecule has 2 aromatic carbocycles. The molecular formula is C17H17FO3. The first-order valence-electron chi connectivity index (χ1n) is 6.66. The highest BCUT2D eigenvalue weighted by Gasteiger charge is 2.08. The highest BCUT2D eigenvalue weighted by molar-refractivity contribution is 5.94. The predicted octanol–water partition coefficient (Wildman–Crippen LogP) is 3.66. The number of hydrogen-bond donors (Lipinski definition) is 0. The zero-order valence-electron chi connectivity index (χ0n) is 12.1. The fourth-order valence-electron chi connectivity index (χ4n) is 1.95. The van der Waals surface area contributed by atoms with E-state index in [9.17, 15) is 9.18 Å². The molecule has 3 nitrogen and oxygen atoms in total. The molecule has 0 radical (unpaired) electrons. The van der Waals surface area contributed by atoms with Gasteiger partial charge in [-0.05, 0) is 36.8 Å². The molecule has 0 bridgehead atoms. The fourth-order valence-corrected chi connectivity index (χ4v) is 1.95. The molecule has 0 saturated carbocycles. The SMILES string of the molecule is COc1ccc(CCOc2ccc(C(C)=O)c(F)c2)cc1. The quantitative estimate of drug-likeness (QED) is 0.761. The van der Waals surface area contributed by atoms with Gasteiger partial charge in [-0.1, -0.05) is 12.1 Å². The molecule has 0 N–H and O–H groups in total. The van der Waals surface area contributed by atoms with Crippen molar-refractivity contribution in [3.05, 3.63) is 59.4 Å². The van der Waals surface area contributed by atoms with Crippen LogP contribution < -0.4 is 9.47 Å². The van der Waals surface area contributed by atoms with Crippen molar-refractivity contribution in [2.45, 2.75) is 13.3 Å². The Balaban J connectivity index is 1.91. The Morgan fingerprint density at radius 3 is 2.33 bits per heavy atom. The van der Waals surface area contributed by atoms with Gasteiger partial charge in [-0.25, -0.2) is 4.39 Å². The molecule has 0 saturated heterocycles. The van der Waals surface area contributed by atoms with Crippen LogP contribution >= 0.6 is 0 Å². The molecule has 0 unspecified atom stereocenters. The molecule has 4 heteroatoms. The molecule has 0 aliphatic heterocycles. The first-order valence-corrected chi connectivity index (χ1v) is 6.66. The van der Waals surface area contributed by atoms with E-state index < -0.39 is 5.82 Å². The summed E-state index contributed by atoms with van der Waals surface area (Å²) in [7, 11) is 1.62. The number of ketones is 1. The van der Waals surface area contributed by atoms with E-state index in [0.29, 0.717) is 18.8 Å². The lowest BCUT2D eigenvalue weighted by Gasteiger charge is -2.08. The van der Waals surface area contributed by atoms with Crippen molar-refractivity contribution >= 4 is 5.78 Å². The summed E-state index contributed by atoms with van der Waals surface area (Å²) in [5.74, 6) is 0.384. The Labute approximate surface area is 123 Å². The first kappa shape index (κ1) is 15.0. The minimum Gasteiger partial charge on any atom is -0.497 e. The number of methoxy groups -OCH3 is 1. The van der Waals surface area contributed by atoms with Gasteiger partial charge in [-0.2, -0.15) is 0 Å². The minimum atomic E-state index is -0.551. The molecule has 0 spiro atoms. The van der Waals surface area contributed by atoms with Gasteiger partial charge < -0.3 is 9.47 Å². The normalized spacial score (nSPS) is 10.2. The van der Waals surface area contributed by atoms with Gasteiger partial charge in [0.2, 0.25) is 0 Å². The van der Waals surface area contributed by atoms with Crippen LogP contribution in [0.3, 0.4) is 0 Å². The summed E-state index contributed by atoms with van der Waals surface area (Å²) in [6.45, 7) is 1.77. The molecule has 0 aliphatic carbocycles. The zero-order valence-corrected chi connectivity index (χ0v) is 12.1. The van der Waals surface area contributed by atoms with Crippen LogP contribution in [0, 0.1) is 5.82 Å². The van der Waals surface area contributed by atoms with E-state index in [2.05, 4.69) is 0 Å². The van der Waals surface area contributed by atoms with Crippen LogP contribution in [-0.2, 0) is 6.42 Å². The summed E-state index contributed by atoms with van der Waals surface area (Å²) in [6.07, 6.45) is 0.708. The lowest BCUT2D eigenvalue weighted by Crippen LogP contribution is -2.03. The number of Topliss-reactive ketones (excluding diaryl/α,β-unsaturated/α-hetero) is 1. The lowest BCUT2D eigenvalue weighted by atomic mass is 10.1. The number of benzene rings is 2. The van der Waals surface area contributed by atoms with Crippen molar-refractivity contribution < 1.29 is 18.7 Å².